The smallest absolute Gasteiger partial charge is 0.161 e. The fourth-order valence-corrected chi connectivity index (χ4v) is 2.95. The van der Waals surface area contributed by atoms with Gasteiger partial charge in [0.25, 0.3) is 0 Å². The number of aliphatic imine (C=N–C) groups is 1. The molecule has 0 amide bonds. The second kappa shape index (κ2) is 10.4. The monoisotopic (exact) mass is 368 g/mol. The van der Waals surface area contributed by atoms with Gasteiger partial charge in [0.1, 0.15) is 6.29 Å². The number of aldehydes is 1. The van der Waals surface area contributed by atoms with Crippen LogP contribution in [0.3, 0.4) is 0 Å². The Morgan fingerprint density at radius 2 is 1.93 bits per heavy atom. The van der Waals surface area contributed by atoms with E-state index in [1.54, 1.807) is 32.6 Å². The molecule has 1 aromatic carbocycles. The molecule has 0 N–H and O–H groups in total. The molecule has 0 aromatic heterocycles. The Morgan fingerprint density at radius 3 is 2.56 bits per heavy atom. The molecule has 1 heterocycles. The molecule has 0 unspecified atom stereocenters. The summed E-state index contributed by atoms with van der Waals surface area (Å²) >= 11 is 0. The quantitative estimate of drug-likeness (QED) is 0.300. The highest BCUT2D eigenvalue weighted by molar-refractivity contribution is 5.87. The molecule has 0 aliphatic carbocycles. The Bertz CT molecular complexity index is 742. The van der Waals surface area contributed by atoms with Gasteiger partial charge in [-0.15, -0.1) is 0 Å². The molecule has 144 valence electrons. The zero-order chi connectivity index (χ0) is 19.6. The second-order valence-corrected chi connectivity index (χ2v) is 6.56. The van der Waals surface area contributed by atoms with E-state index in [9.17, 15) is 4.79 Å². The number of rotatable bonds is 8. The van der Waals surface area contributed by atoms with Crippen molar-refractivity contribution < 1.29 is 14.3 Å². The van der Waals surface area contributed by atoms with Gasteiger partial charge in [-0.25, -0.2) is 0 Å². The summed E-state index contributed by atoms with van der Waals surface area (Å²) < 4.78 is 10.6. The molecule has 27 heavy (non-hydrogen) atoms. The molecule has 0 spiro atoms. The van der Waals surface area contributed by atoms with Crippen LogP contribution in [-0.4, -0.2) is 44.7 Å². The van der Waals surface area contributed by atoms with E-state index in [0.717, 1.165) is 36.6 Å². The molecule has 1 saturated heterocycles. The van der Waals surface area contributed by atoms with Gasteiger partial charge in [0.15, 0.2) is 11.5 Å². The lowest BCUT2D eigenvalue weighted by atomic mass is 9.99. The minimum atomic E-state index is 0.549. The molecule has 1 aromatic rings. The zero-order valence-corrected chi connectivity index (χ0v) is 16.4. The van der Waals surface area contributed by atoms with Crippen LogP contribution in [0.5, 0.6) is 11.5 Å². The van der Waals surface area contributed by atoms with Crippen molar-refractivity contribution in [3.8, 4) is 11.5 Å². The number of hydrogen-bond acceptors (Lipinski definition) is 5. The predicted molar refractivity (Wildman–Crippen MR) is 110 cm³/mol. The number of piperidine rings is 1. The molecule has 0 radical (unpaired) electrons. The molecule has 0 saturated carbocycles. The van der Waals surface area contributed by atoms with Crippen LogP contribution >= 0.6 is 0 Å². The summed E-state index contributed by atoms with van der Waals surface area (Å²) in [7, 11) is 3.15. The van der Waals surface area contributed by atoms with Crippen molar-refractivity contribution in [1.82, 2.24) is 4.90 Å². The number of carbonyl (C=O) groups excluding carboxylic acids is 1. The topological polar surface area (TPSA) is 51.1 Å². The molecule has 1 aliphatic rings. The average Bonchev–Trinajstić information content (AvgIpc) is 2.70. The van der Waals surface area contributed by atoms with Crippen molar-refractivity contribution in [2.24, 2.45) is 10.9 Å². The summed E-state index contributed by atoms with van der Waals surface area (Å²) in [6.45, 7) is 8.51. The first-order valence-electron chi connectivity index (χ1n) is 9.11. The van der Waals surface area contributed by atoms with Crippen LogP contribution in [0, 0.1) is 5.92 Å². The van der Waals surface area contributed by atoms with Crippen molar-refractivity contribution in [2.75, 3.05) is 27.3 Å². The highest BCUT2D eigenvalue weighted by Gasteiger charge is 2.15. The summed E-state index contributed by atoms with van der Waals surface area (Å²) in [5.74, 6) is 2.00. The van der Waals surface area contributed by atoms with E-state index in [4.69, 9.17) is 9.47 Å². The van der Waals surface area contributed by atoms with Crippen LogP contribution in [0.1, 0.15) is 25.3 Å². The number of carbonyl (C=O) groups is 1. The minimum absolute atomic E-state index is 0.549. The van der Waals surface area contributed by atoms with Gasteiger partial charge in [0.2, 0.25) is 0 Å². The van der Waals surface area contributed by atoms with Gasteiger partial charge in [0, 0.05) is 36.6 Å². The predicted octanol–water partition coefficient (Wildman–Crippen LogP) is 4.12. The van der Waals surface area contributed by atoms with E-state index in [0.29, 0.717) is 17.2 Å². The van der Waals surface area contributed by atoms with Gasteiger partial charge in [-0.1, -0.05) is 13.5 Å². The van der Waals surface area contributed by atoms with Gasteiger partial charge in [-0.2, -0.15) is 0 Å². The normalized spacial score (nSPS) is 16.1. The van der Waals surface area contributed by atoms with E-state index in [2.05, 4.69) is 23.4 Å². The number of likely N-dealkylation sites (tertiary alicyclic amines) is 1. The molecule has 2 rings (SSSR count). The summed E-state index contributed by atoms with van der Waals surface area (Å²) in [4.78, 5) is 17.7. The van der Waals surface area contributed by atoms with Crippen molar-refractivity contribution >= 4 is 18.2 Å². The SMILES string of the molecule is C=C(\C=C/C=N\C(=C/C=O)c1ccc(OC)c(OC)c1)N1CCC(C)CC1. The standard InChI is InChI=1S/C22H28N2O3/c1-17-9-13-24(14-10-17)18(2)6-5-12-23-20(11-15-25)19-7-8-21(26-3)22(16-19)27-4/h5-8,11-12,15-17H,2,9-10,13-14H2,1,3-4H3/b6-5-,20-11-,23-12-. The molecular formula is C22H28N2O3. The first-order valence-corrected chi connectivity index (χ1v) is 9.11. The maximum absolute atomic E-state index is 11.0. The number of hydrogen-bond donors (Lipinski definition) is 0. The third-order valence-corrected chi connectivity index (χ3v) is 4.68. The first-order chi connectivity index (χ1) is 13.1. The lowest BCUT2D eigenvalue weighted by molar-refractivity contribution is -0.104. The Morgan fingerprint density at radius 1 is 1.22 bits per heavy atom. The van der Waals surface area contributed by atoms with Crippen molar-refractivity contribution in [3.05, 3.63) is 54.3 Å². The lowest BCUT2D eigenvalue weighted by Crippen LogP contribution is -2.31. The fraction of sp³-hybridized carbons (Fsp3) is 0.364. The van der Waals surface area contributed by atoms with E-state index < -0.39 is 0 Å². The molecule has 5 heteroatoms. The van der Waals surface area contributed by atoms with Crippen LogP contribution < -0.4 is 9.47 Å². The van der Waals surface area contributed by atoms with Crippen LogP contribution in [-0.2, 0) is 4.79 Å². The number of methoxy groups -OCH3 is 2. The van der Waals surface area contributed by atoms with Crippen LogP contribution in [0.15, 0.2) is 53.7 Å². The summed E-state index contributed by atoms with van der Waals surface area (Å²) in [5, 5.41) is 0. The van der Waals surface area contributed by atoms with E-state index in [-0.39, 0.29) is 0 Å². The van der Waals surface area contributed by atoms with Gasteiger partial charge in [-0.05, 0) is 49.1 Å². The minimum Gasteiger partial charge on any atom is -0.493 e. The number of nitrogens with zero attached hydrogens (tertiary/aromatic N) is 2. The van der Waals surface area contributed by atoms with E-state index >= 15 is 0 Å². The molecule has 0 bridgehead atoms. The van der Waals surface area contributed by atoms with Crippen LogP contribution in [0.4, 0.5) is 0 Å². The summed E-state index contributed by atoms with van der Waals surface area (Å²) in [6.07, 6.45) is 10.0. The molecular weight excluding hydrogens is 340 g/mol. The van der Waals surface area contributed by atoms with Crippen LogP contribution in [0.2, 0.25) is 0 Å². The fourth-order valence-electron chi connectivity index (χ4n) is 2.95. The second-order valence-electron chi connectivity index (χ2n) is 6.56. The van der Waals surface area contributed by atoms with E-state index in [1.807, 2.05) is 18.2 Å². The van der Waals surface area contributed by atoms with Gasteiger partial charge in [-0.3, -0.25) is 9.79 Å². The maximum Gasteiger partial charge on any atom is 0.161 e. The first kappa shape index (κ1) is 20.5. The summed E-state index contributed by atoms with van der Waals surface area (Å²) in [6, 6.07) is 5.42. The van der Waals surface area contributed by atoms with Crippen molar-refractivity contribution in [1.29, 1.82) is 0 Å². The van der Waals surface area contributed by atoms with Crippen LogP contribution in [0.25, 0.3) is 5.70 Å². The van der Waals surface area contributed by atoms with Gasteiger partial charge < -0.3 is 14.4 Å². The Labute approximate surface area is 161 Å². The molecule has 1 fully saturated rings. The molecule has 0 atom stereocenters. The van der Waals surface area contributed by atoms with Crippen molar-refractivity contribution in [3.63, 3.8) is 0 Å². The van der Waals surface area contributed by atoms with Gasteiger partial charge in [0.05, 0.1) is 19.9 Å². The third kappa shape index (κ3) is 5.84. The maximum atomic E-state index is 11.0. The van der Waals surface area contributed by atoms with Crippen molar-refractivity contribution in [2.45, 2.75) is 19.8 Å². The highest BCUT2D eigenvalue weighted by Crippen LogP contribution is 2.30. The third-order valence-electron chi connectivity index (χ3n) is 4.68. The Hall–Kier alpha value is -2.82. The number of ether oxygens (including phenoxy) is 2. The average molecular weight is 368 g/mol. The van der Waals surface area contributed by atoms with Gasteiger partial charge >= 0.3 is 0 Å². The Balaban J connectivity index is 2.06. The molecule has 5 nitrogen and oxygen atoms in total. The summed E-state index contributed by atoms with van der Waals surface area (Å²) in [5.41, 5.74) is 2.31. The number of allylic oxidation sites excluding steroid dienone is 3. The highest BCUT2D eigenvalue weighted by atomic mass is 16.5. The zero-order valence-electron chi connectivity index (χ0n) is 16.4. The Kier molecular flexibility index (Phi) is 7.86. The van der Waals surface area contributed by atoms with E-state index in [1.165, 1.54) is 18.9 Å². The largest absolute Gasteiger partial charge is 0.493 e. The number of benzene rings is 1. The lowest BCUT2D eigenvalue weighted by Gasteiger charge is -2.32. The molecule has 1 aliphatic heterocycles.